The second-order valence-electron chi connectivity index (χ2n) is 7.52. The summed E-state index contributed by atoms with van der Waals surface area (Å²) in [5, 5.41) is 0. The molecule has 1 aliphatic heterocycles. The van der Waals surface area contributed by atoms with Crippen molar-refractivity contribution in [1.82, 2.24) is 15.8 Å². The summed E-state index contributed by atoms with van der Waals surface area (Å²) in [6.45, 7) is 1.31. The molecule has 0 spiro atoms. The minimum atomic E-state index is -1.15. The normalized spacial score (nSPS) is 21.6. The predicted molar refractivity (Wildman–Crippen MR) is 104 cm³/mol. The van der Waals surface area contributed by atoms with Gasteiger partial charge in [-0.25, -0.2) is 0 Å². The molecule has 2 N–H and O–H groups in total. The molecule has 2 aliphatic rings. The van der Waals surface area contributed by atoms with E-state index >= 15 is 0 Å². The summed E-state index contributed by atoms with van der Waals surface area (Å²) in [7, 11) is 0. The van der Waals surface area contributed by atoms with E-state index in [9.17, 15) is 24.0 Å². The second kappa shape index (κ2) is 9.51. The lowest BCUT2D eigenvalue weighted by Gasteiger charge is -2.19. The van der Waals surface area contributed by atoms with Gasteiger partial charge in [0.1, 0.15) is 0 Å². The van der Waals surface area contributed by atoms with E-state index in [1.54, 1.807) is 30.3 Å². The van der Waals surface area contributed by atoms with Gasteiger partial charge in [0.25, 0.3) is 11.8 Å². The van der Waals surface area contributed by atoms with Crippen molar-refractivity contribution in [3.8, 4) is 0 Å². The number of amides is 4. The number of nitrogens with one attached hydrogen (secondary N) is 2. The third-order valence-electron chi connectivity index (χ3n) is 5.48. The number of esters is 1. The van der Waals surface area contributed by atoms with Crippen LogP contribution in [0.5, 0.6) is 0 Å². The van der Waals surface area contributed by atoms with Crippen molar-refractivity contribution < 1.29 is 28.7 Å². The number of rotatable bonds is 6. The summed E-state index contributed by atoms with van der Waals surface area (Å²) < 4.78 is 5.05. The smallest absolute Gasteiger partial charge is 0.308 e. The average Bonchev–Trinajstić information content (AvgIpc) is 3.01. The Labute approximate surface area is 174 Å². The van der Waals surface area contributed by atoms with E-state index in [4.69, 9.17) is 4.74 Å². The van der Waals surface area contributed by atoms with Crippen LogP contribution < -0.4 is 10.9 Å². The van der Waals surface area contributed by atoms with Crippen LogP contribution in [0.3, 0.4) is 0 Å². The summed E-state index contributed by atoms with van der Waals surface area (Å²) in [6.07, 6.45) is 1.95. The Balaban J connectivity index is 1.42. The molecule has 1 heterocycles. The van der Waals surface area contributed by atoms with Crippen molar-refractivity contribution in [3.05, 3.63) is 35.9 Å². The zero-order valence-corrected chi connectivity index (χ0v) is 16.8. The molecule has 1 saturated heterocycles. The monoisotopic (exact) mass is 415 g/mol. The molecule has 9 heteroatoms. The van der Waals surface area contributed by atoms with Crippen LogP contribution in [0.1, 0.15) is 49.4 Å². The van der Waals surface area contributed by atoms with Crippen molar-refractivity contribution in [1.29, 1.82) is 0 Å². The molecule has 2 fully saturated rings. The summed E-state index contributed by atoms with van der Waals surface area (Å²) >= 11 is 0. The van der Waals surface area contributed by atoms with Crippen molar-refractivity contribution in [3.63, 3.8) is 0 Å². The maximum absolute atomic E-state index is 12.4. The lowest BCUT2D eigenvalue weighted by Crippen LogP contribution is -2.46. The SMILES string of the molecule is C[C@H](OC(=O)CCN1C(=O)[C@H]2CCCC[C@H]2C1=O)C(=O)NNC(=O)c1ccccc1. The zero-order valence-electron chi connectivity index (χ0n) is 16.8. The third kappa shape index (κ3) is 4.84. The number of hydrazine groups is 1. The maximum atomic E-state index is 12.4. The van der Waals surface area contributed by atoms with E-state index in [0.717, 1.165) is 17.7 Å². The fourth-order valence-electron chi connectivity index (χ4n) is 3.85. The number of hydrogen-bond acceptors (Lipinski definition) is 6. The Morgan fingerprint density at radius 2 is 1.63 bits per heavy atom. The highest BCUT2D eigenvalue weighted by molar-refractivity contribution is 6.05. The molecular weight excluding hydrogens is 390 g/mol. The van der Waals surface area contributed by atoms with Gasteiger partial charge >= 0.3 is 5.97 Å². The second-order valence-corrected chi connectivity index (χ2v) is 7.52. The van der Waals surface area contributed by atoms with Gasteiger partial charge in [-0.2, -0.15) is 0 Å². The van der Waals surface area contributed by atoms with Gasteiger partial charge in [-0.05, 0) is 31.9 Å². The Morgan fingerprint density at radius 1 is 1.03 bits per heavy atom. The number of ether oxygens (including phenoxy) is 1. The Hall–Kier alpha value is -3.23. The van der Waals surface area contributed by atoms with Gasteiger partial charge in [0.05, 0.1) is 18.3 Å². The highest BCUT2D eigenvalue weighted by Gasteiger charge is 2.47. The van der Waals surface area contributed by atoms with Gasteiger partial charge in [0.15, 0.2) is 6.10 Å². The average molecular weight is 415 g/mol. The fourth-order valence-corrected chi connectivity index (χ4v) is 3.85. The van der Waals surface area contributed by atoms with Gasteiger partial charge in [-0.1, -0.05) is 31.0 Å². The van der Waals surface area contributed by atoms with Crippen molar-refractivity contribution >= 4 is 29.6 Å². The first-order valence-corrected chi connectivity index (χ1v) is 10.1. The molecular formula is C21H25N3O6. The molecule has 3 rings (SSSR count). The Kier molecular flexibility index (Phi) is 6.81. The molecule has 0 bridgehead atoms. The van der Waals surface area contributed by atoms with Crippen molar-refractivity contribution in [2.75, 3.05) is 6.54 Å². The number of benzene rings is 1. The standard InChI is InChI=1S/C21H25N3O6/c1-13(18(26)22-23-19(27)14-7-3-2-4-8-14)30-17(25)11-12-24-20(28)15-9-5-6-10-16(15)21(24)29/h2-4,7-8,13,15-16H,5-6,9-12H2,1H3,(H,22,26)(H,23,27)/t13-,15-,16+/m0/s1. The van der Waals surface area contributed by atoms with E-state index in [1.807, 2.05) is 0 Å². The number of carbonyl (C=O) groups is 5. The number of likely N-dealkylation sites (tertiary alicyclic amines) is 1. The van der Waals surface area contributed by atoms with E-state index in [0.29, 0.717) is 18.4 Å². The number of hydrogen-bond donors (Lipinski definition) is 2. The molecule has 0 aromatic heterocycles. The number of imide groups is 1. The lowest BCUT2D eigenvalue weighted by molar-refractivity contribution is -0.155. The topological polar surface area (TPSA) is 122 Å². The highest BCUT2D eigenvalue weighted by atomic mass is 16.5. The number of nitrogens with zero attached hydrogens (tertiary/aromatic N) is 1. The summed E-state index contributed by atoms with van der Waals surface area (Å²) in [6, 6.07) is 8.30. The van der Waals surface area contributed by atoms with Crippen molar-refractivity contribution in [2.24, 2.45) is 11.8 Å². The Morgan fingerprint density at radius 3 is 2.23 bits per heavy atom. The lowest BCUT2D eigenvalue weighted by atomic mass is 9.81. The van der Waals surface area contributed by atoms with Crippen LogP contribution in [0, 0.1) is 11.8 Å². The van der Waals surface area contributed by atoms with Crippen LogP contribution in [0.15, 0.2) is 30.3 Å². The Bertz CT molecular complexity index is 816. The molecule has 9 nitrogen and oxygen atoms in total. The summed E-state index contributed by atoms with van der Waals surface area (Å²) in [5.74, 6) is -2.87. The van der Waals surface area contributed by atoms with E-state index in [1.165, 1.54) is 6.92 Å². The first-order valence-electron chi connectivity index (χ1n) is 10.1. The molecule has 1 saturated carbocycles. The predicted octanol–water partition coefficient (Wildman–Crippen LogP) is 0.945. The molecule has 0 radical (unpaired) electrons. The van der Waals surface area contributed by atoms with Crippen LogP contribution in [0.25, 0.3) is 0 Å². The van der Waals surface area contributed by atoms with Gasteiger partial charge in [0.2, 0.25) is 11.8 Å². The molecule has 0 unspecified atom stereocenters. The van der Waals surface area contributed by atoms with Gasteiger partial charge in [0, 0.05) is 12.1 Å². The first kappa shape index (κ1) is 21.5. The quantitative estimate of drug-likeness (QED) is 0.405. The van der Waals surface area contributed by atoms with Crippen LogP contribution in [0.2, 0.25) is 0 Å². The fraction of sp³-hybridized carbons (Fsp3) is 0.476. The van der Waals surface area contributed by atoms with Crippen LogP contribution in [-0.2, 0) is 23.9 Å². The highest BCUT2D eigenvalue weighted by Crippen LogP contribution is 2.37. The van der Waals surface area contributed by atoms with E-state index in [-0.39, 0.29) is 36.6 Å². The largest absolute Gasteiger partial charge is 0.452 e. The molecule has 1 aliphatic carbocycles. The maximum Gasteiger partial charge on any atom is 0.308 e. The van der Waals surface area contributed by atoms with Gasteiger partial charge in [-0.3, -0.25) is 39.7 Å². The third-order valence-corrected chi connectivity index (χ3v) is 5.48. The molecule has 3 atom stereocenters. The van der Waals surface area contributed by atoms with Crippen LogP contribution >= 0.6 is 0 Å². The molecule has 1 aromatic carbocycles. The first-order chi connectivity index (χ1) is 14.4. The molecule has 30 heavy (non-hydrogen) atoms. The zero-order chi connectivity index (χ0) is 21.7. The van der Waals surface area contributed by atoms with Gasteiger partial charge in [-0.15, -0.1) is 0 Å². The molecule has 160 valence electrons. The van der Waals surface area contributed by atoms with Gasteiger partial charge < -0.3 is 4.74 Å². The van der Waals surface area contributed by atoms with Crippen LogP contribution in [0.4, 0.5) is 0 Å². The van der Waals surface area contributed by atoms with E-state index in [2.05, 4.69) is 10.9 Å². The summed E-state index contributed by atoms with van der Waals surface area (Å²) in [5.41, 5.74) is 4.80. The number of carbonyl (C=O) groups excluding carboxylic acids is 5. The summed E-state index contributed by atoms with van der Waals surface area (Å²) in [4.78, 5) is 62.0. The molecule has 4 amide bonds. The van der Waals surface area contributed by atoms with Crippen molar-refractivity contribution in [2.45, 2.75) is 45.1 Å². The minimum Gasteiger partial charge on any atom is -0.452 e. The number of fused-ring (bicyclic) bond motifs is 1. The van der Waals surface area contributed by atoms with Crippen LogP contribution in [-0.4, -0.2) is 47.1 Å². The van der Waals surface area contributed by atoms with E-state index < -0.39 is 23.9 Å². The minimum absolute atomic E-state index is 0.0530. The molecule has 1 aromatic rings.